The average molecular weight is 509 g/mol. The van der Waals surface area contributed by atoms with Crippen LogP contribution in [-0.4, -0.2) is 96.6 Å². The van der Waals surface area contributed by atoms with Gasteiger partial charge in [-0.15, -0.1) is 0 Å². The van der Waals surface area contributed by atoms with E-state index >= 15 is 0 Å². The number of β-amino-alcohol motifs (C(OH)–C–C–N with tert-alkyl or cyclic N) is 1. The van der Waals surface area contributed by atoms with Crippen molar-refractivity contribution < 1.29 is 28.3 Å². The summed E-state index contributed by atoms with van der Waals surface area (Å²) in [6, 6.07) is 3.07. The first-order chi connectivity index (χ1) is 16.7. The number of nitrogens with zero attached hydrogens (tertiary/aromatic N) is 6. The number of carbonyl (C=O) groups is 3. The zero-order valence-electron chi connectivity index (χ0n) is 19.0. The van der Waals surface area contributed by atoms with Crippen molar-refractivity contribution in [1.82, 2.24) is 29.5 Å². The van der Waals surface area contributed by atoms with Crippen LogP contribution in [0.25, 0.3) is 0 Å². The molecule has 13 heteroatoms. The summed E-state index contributed by atoms with van der Waals surface area (Å²) < 4.78 is 29.5. The summed E-state index contributed by atoms with van der Waals surface area (Å²) in [5.41, 5.74) is -1.75. The Morgan fingerprint density at radius 3 is 2.54 bits per heavy atom. The largest absolute Gasteiger partial charge is 0.382 e. The fourth-order valence-corrected chi connectivity index (χ4v) is 5.09. The van der Waals surface area contributed by atoms with Gasteiger partial charge in [0.15, 0.2) is 0 Å². The zero-order chi connectivity index (χ0) is 25.0. The van der Waals surface area contributed by atoms with Gasteiger partial charge in [0.25, 0.3) is 5.24 Å². The lowest BCUT2D eigenvalue weighted by Crippen LogP contribution is -2.53. The van der Waals surface area contributed by atoms with E-state index in [0.717, 1.165) is 23.9 Å². The predicted octanol–water partition coefficient (Wildman–Crippen LogP) is 1.06. The molecule has 0 bridgehead atoms. The molecule has 2 aliphatic heterocycles. The van der Waals surface area contributed by atoms with Crippen molar-refractivity contribution in [3.8, 4) is 0 Å². The highest BCUT2D eigenvalue weighted by Gasteiger charge is 2.37. The first kappa shape index (κ1) is 25.2. The summed E-state index contributed by atoms with van der Waals surface area (Å²) in [6.07, 6.45) is 3.34. The van der Waals surface area contributed by atoms with Gasteiger partial charge in [0, 0.05) is 57.3 Å². The van der Waals surface area contributed by atoms with E-state index in [2.05, 4.69) is 10.1 Å². The minimum absolute atomic E-state index is 0.0444. The van der Waals surface area contributed by atoms with Crippen LogP contribution in [-0.2, 0) is 21.7 Å². The maximum atomic E-state index is 14.6. The maximum Gasteiger partial charge on any atom is 0.288 e. The fourth-order valence-electron chi connectivity index (χ4n) is 4.34. The third-order valence-electron chi connectivity index (χ3n) is 6.15. The van der Waals surface area contributed by atoms with Gasteiger partial charge < -0.3 is 10.0 Å². The Bertz CT molecular complexity index is 1060. The van der Waals surface area contributed by atoms with Crippen LogP contribution >= 0.6 is 11.8 Å². The van der Waals surface area contributed by atoms with E-state index in [1.54, 1.807) is 4.90 Å². The molecule has 35 heavy (non-hydrogen) atoms. The molecule has 3 heterocycles. The standard InChI is InChI=1S/C22H26F2N6O4S/c23-16-3-4-17(18(24)10-16)22(34,13-29-15-25-14-26-29)12-27-6-8-28(9-7-27)19(31)2-1-5-30-20(32)11-35-21(30)33/h3-4,10,14-15,34H,1-2,5-9,11-13H2. The normalized spacial score (nSPS) is 18.8. The van der Waals surface area contributed by atoms with E-state index in [1.807, 2.05) is 4.90 Å². The molecule has 3 amide bonds. The molecule has 0 radical (unpaired) electrons. The van der Waals surface area contributed by atoms with Gasteiger partial charge in [0.05, 0.1) is 12.3 Å². The summed E-state index contributed by atoms with van der Waals surface area (Å²) in [5, 5.41) is 15.2. The molecule has 1 unspecified atom stereocenters. The van der Waals surface area contributed by atoms with Gasteiger partial charge >= 0.3 is 0 Å². The number of thioether (sulfide) groups is 1. The van der Waals surface area contributed by atoms with Gasteiger partial charge in [0.2, 0.25) is 11.8 Å². The van der Waals surface area contributed by atoms with E-state index in [4.69, 9.17) is 0 Å². The highest BCUT2D eigenvalue weighted by atomic mass is 32.2. The molecule has 1 aromatic heterocycles. The van der Waals surface area contributed by atoms with Crippen molar-refractivity contribution in [3.63, 3.8) is 0 Å². The smallest absolute Gasteiger partial charge is 0.288 e. The number of aromatic nitrogens is 3. The molecule has 2 fully saturated rings. The van der Waals surface area contributed by atoms with Crippen LogP contribution in [0.5, 0.6) is 0 Å². The van der Waals surface area contributed by atoms with E-state index in [9.17, 15) is 28.3 Å². The lowest BCUT2D eigenvalue weighted by molar-refractivity contribution is -0.134. The minimum atomic E-state index is -1.70. The molecule has 1 aromatic carbocycles. The lowest BCUT2D eigenvalue weighted by Gasteiger charge is -2.39. The van der Waals surface area contributed by atoms with Crippen LogP contribution < -0.4 is 0 Å². The van der Waals surface area contributed by atoms with E-state index < -0.39 is 17.2 Å². The number of carbonyl (C=O) groups excluding carboxylic acids is 3. The van der Waals surface area contributed by atoms with Crippen molar-refractivity contribution in [1.29, 1.82) is 0 Å². The van der Waals surface area contributed by atoms with Gasteiger partial charge in [-0.3, -0.25) is 24.2 Å². The Balaban J connectivity index is 1.33. The number of benzene rings is 1. The Morgan fingerprint density at radius 2 is 1.91 bits per heavy atom. The highest BCUT2D eigenvalue weighted by molar-refractivity contribution is 8.14. The second-order valence-corrected chi connectivity index (χ2v) is 9.54. The Labute approximate surface area is 204 Å². The molecule has 2 saturated heterocycles. The molecule has 4 rings (SSSR count). The molecule has 0 saturated carbocycles. The van der Waals surface area contributed by atoms with Crippen LogP contribution in [0.3, 0.4) is 0 Å². The van der Waals surface area contributed by atoms with E-state index in [-0.39, 0.29) is 54.4 Å². The molecule has 1 atom stereocenters. The summed E-state index contributed by atoms with van der Waals surface area (Å²) >= 11 is 0.971. The summed E-state index contributed by atoms with van der Waals surface area (Å²) in [4.78, 5) is 44.6. The Kier molecular flexibility index (Phi) is 7.77. The first-order valence-electron chi connectivity index (χ1n) is 11.2. The topological polar surface area (TPSA) is 112 Å². The molecule has 2 aromatic rings. The summed E-state index contributed by atoms with van der Waals surface area (Å²) in [6.45, 7) is 1.94. The number of halogens is 2. The number of hydrogen-bond acceptors (Lipinski definition) is 8. The maximum absolute atomic E-state index is 14.6. The molecule has 188 valence electrons. The molecular weight excluding hydrogens is 482 g/mol. The molecule has 1 N–H and O–H groups in total. The zero-order valence-corrected chi connectivity index (χ0v) is 19.8. The SMILES string of the molecule is O=C(CCCN1C(=O)CSC1=O)N1CCN(CC(O)(Cn2cncn2)c2ccc(F)cc2F)CC1. The predicted molar refractivity (Wildman–Crippen MR) is 122 cm³/mol. The van der Waals surface area contributed by atoms with Gasteiger partial charge in [-0.1, -0.05) is 17.8 Å². The van der Waals surface area contributed by atoms with Gasteiger partial charge in [-0.05, 0) is 12.5 Å². The molecular formula is C22H26F2N6O4S. The van der Waals surface area contributed by atoms with Crippen LogP contribution in [0.1, 0.15) is 18.4 Å². The van der Waals surface area contributed by atoms with E-state index in [1.165, 1.54) is 28.3 Å². The molecule has 0 aliphatic carbocycles. The lowest BCUT2D eigenvalue weighted by atomic mass is 9.92. The average Bonchev–Trinajstić information content (AvgIpc) is 3.44. The first-order valence-corrected chi connectivity index (χ1v) is 12.2. The second kappa shape index (κ2) is 10.8. The minimum Gasteiger partial charge on any atom is -0.382 e. The Hall–Kier alpha value is -2.90. The highest BCUT2D eigenvalue weighted by Crippen LogP contribution is 2.28. The quantitative estimate of drug-likeness (QED) is 0.535. The van der Waals surface area contributed by atoms with Gasteiger partial charge in [0.1, 0.15) is 29.9 Å². The number of imide groups is 1. The van der Waals surface area contributed by atoms with Crippen LogP contribution in [0, 0.1) is 11.6 Å². The van der Waals surface area contributed by atoms with Crippen molar-refractivity contribution in [2.24, 2.45) is 0 Å². The van der Waals surface area contributed by atoms with Crippen molar-refractivity contribution in [2.75, 3.05) is 45.0 Å². The Morgan fingerprint density at radius 1 is 1.14 bits per heavy atom. The van der Waals surface area contributed by atoms with Gasteiger partial charge in [-0.2, -0.15) is 5.10 Å². The number of aliphatic hydroxyl groups is 1. The van der Waals surface area contributed by atoms with Crippen molar-refractivity contribution >= 4 is 28.8 Å². The van der Waals surface area contributed by atoms with Crippen LogP contribution in [0.4, 0.5) is 13.6 Å². The van der Waals surface area contributed by atoms with Crippen molar-refractivity contribution in [3.05, 3.63) is 48.1 Å². The van der Waals surface area contributed by atoms with Gasteiger partial charge in [-0.25, -0.2) is 18.4 Å². The summed E-state index contributed by atoms with van der Waals surface area (Å²) in [5.74, 6) is -1.73. The van der Waals surface area contributed by atoms with Crippen LogP contribution in [0.15, 0.2) is 30.9 Å². The van der Waals surface area contributed by atoms with E-state index in [0.29, 0.717) is 32.6 Å². The number of amides is 3. The third kappa shape index (κ3) is 6.03. The van der Waals surface area contributed by atoms with Crippen LogP contribution in [0.2, 0.25) is 0 Å². The fraction of sp³-hybridized carbons (Fsp3) is 0.500. The monoisotopic (exact) mass is 508 g/mol. The summed E-state index contributed by atoms with van der Waals surface area (Å²) in [7, 11) is 0. The second-order valence-electron chi connectivity index (χ2n) is 8.61. The molecule has 2 aliphatic rings. The number of hydrogen-bond donors (Lipinski definition) is 1. The molecule has 0 spiro atoms. The van der Waals surface area contributed by atoms with Crippen molar-refractivity contribution in [2.45, 2.75) is 25.0 Å². The third-order valence-corrected chi connectivity index (χ3v) is 7.00. The number of rotatable bonds is 9. The number of piperazine rings is 1. The molecule has 10 nitrogen and oxygen atoms in total.